The van der Waals surface area contributed by atoms with Crippen LogP contribution in [-0.2, 0) is 4.79 Å². The van der Waals surface area contributed by atoms with Crippen LogP contribution >= 0.6 is 0 Å². The molecule has 2 amide bonds. The smallest absolute Gasteiger partial charge is 0.256 e. The molecule has 1 aromatic rings. The normalized spacial score (nSPS) is 20.7. The van der Waals surface area contributed by atoms with Crippen molar-refractivity contribution in [3.63, 3.8) is 0 Å². The van der Waals surface area contributed by atoms with E-state index in [2.05, 4.69) is 4.99 Å². The van der Waals surface area contributed by atoms with Crippen molar-refractivity contribution in [1.29, 1.82) is 0 Å². The largest absolute Gasteiger partial charge is 0.370 e. The molecular weight excluding hydrogens is 280 g/mol. The van der Waals surface area contributed by atoms with Gasteiger partial charge in [0.2, 0.25) is 0 Å². The van der Waals surface area contributed by atoms with Gasteiger partial charge in [-0.1, -0.05) is 18.2 Å². The minimum Gasteiger partial charge on any atom is -0.370 e. The van der Waals surface area contributed by atoms with Crippen LogP contribution < -0.4 is 11.5 Å². The average molecular weight is 300 g/mol. The fraction of sp³-hybridized carbons (Fsp3) is 0.438. The van der Waals surface area contributed by atoms with Gasteiger partial charge in [-0.05, 0) is 38.3 Å². The minimum absolute atomic E-state index is 0.00586. The van der Waals surface area contributed by atoms with E-state index >= 15 is 0 Å². The average Bonchev–Trinajstić information content (AvgIpc) is 3.23. The van der Waals surface area contributed by atoms with Crippen LogP contribution in [-0.4, -0.2) is 28.7 Å². The third-order valence-corrected chi connectivity index (χ3v) is 4.40. The Kier molecular flexibility index (Phi) is 3.20. The summed E-state index contributed by atoms with van der Waals surface area (Å²) in [6, 6.07) is 7.32. The maximum Gasteiger partial charge on any atom is 0.256 e. The Morgan fingerprint density at radius 1 is 1.27 bits per heavy atom. The molecule has 1 fully saturated rings. The van der Waals surface area contributed by atoms with Crippen LogP contribution in [0.15, 0.2) is 29.3 Å². The second kappa shape index (κ2) is 4.83. The zero-order valence-corrected chi connectivity index (χ0v) is 12.7. The van der Waals surface area contributed by atoms with E-state index in [9.17, 15) is 9.59 Å². The molecule has 22 heavy (non-hydrogen) atoms. The minimum atomic E-state index is -0.894. The van der Waals surface area contributed by atoms with Crippen molar-refractivity contribution in [1.82, 2.24) is 4.90 Å². The standard InChI is InChI=1S/C16H20N4O2/c1-16(2,14(22)19-15(17)18)12-10-5-3-4-6-11(10)13(21)20(12)9-7-8-9/h3-6,9,12H,7-8H2,1-2H3,(H4,17,18,19,22). The SMILES string of the molecule is CC(C)(C(=O)N=C(N)N)C1c2ccccc2C(=O)N1C1CC1. The number of nitrogens with zero attached hydrogens (tertiary/aromatic N) is 2. The van der Waals surface area contributed by atoms with Crippen LogP contribution in [0.4, 0.5) is 0 Å². The molecule has 2 aliphatic rings. The van der Waals surface area contributed by atoms with Gasteiger partial charge in [0.15, 0.2) is 5.96 Å². The van der Waals surface area contributed by atoms with E-state index in [1.807, 2.05) is 29.2 Å². The van der Waals surface area contributed by atoms with Crippen LogP contribution in [0.25, 0.3) is 0 Å². The van der Waals surface area contributed by atoms with Crippen molar-refractivity contribution in [3.05, 3.63) is 35.4 Å². The molecule has 0 spiro atoms. The van der Waals surface area contributed by atoms with Gasteiger partial charge < -0.3 is 16.4 Å². The number of hydrogen-bond donors (Lipinski definition) is 2. The fourth-order valence-corrected chi connectivity index (χ4v) is 3.18. The van der Waals surface area contributed by atoms with Gasteiger partial charge in [-0.15, -0.1) is 0 Å². The molecule has 6 nitrogen and oxygen atoms in total. The van der Waals surface area contributed by atoms with Gasteiger partial charge in [-0.25, -0.2) is 0 Å². The van der Waals surface area contributed by atoms with E-state index in [4.69, 9.17) is 11.5 Å². The Balaban J connectivity index is 2.08. The van der Waals surface area contributed by atoms with Crippen molar-refractivity contribution in [3.8, 4) is 0 Å². The van der Waals surface area contributed by atoms with Gasteiger partial charge in [0.05, 0.1) is 11.5 Å². The highest BCUT2D eigenvalue weighted by molar-refractivity contribution is 6.02. The first-order valence-corrected chi connectivity index (χ1v) is 7.39. The number of fused-ring (bicyclic) bond motifs is 1. The second-order valence-corrected chi connectivity index (χ2v) is 6.50. The molecule has 4 N–H and O–H groups in total. The molecule has 0 bridgehead atoms. The number of guanidine groups is 1. The Bertz CT molecular complexity index is 672. The van der Waals surface area contributed by atoms with Crippen LogP contribution in [0.5, 0.6) is 0 Å². The molecule has 116 valence electrons. The highest BCUT2D eigenvalue weighted by Crippen LogP contribution is 2.50. The highest BCUT2D eigenvalue weighted by Gasteiger charge is 2.52. The Hall–Kier alpha value is -2.37. The molecule has 1 atom stereocenters. The van der Waals surface area contributed by atoms with Crippen molar-refractivity contribution in [2.75, 3.05) is 0 Å². The van der Waals surface area contributed by atoms with Crippen LogP contribution in [0.1, 0.15) is 48.7 Å². The summed E-state index contributed by atoms with van der Waals surface area (Å²) in [6.45, 7) is 3.58. The quantitative estimate of drug-likeness (QED) is 0.646. The van der Waals surface area contributed by atoms with E-state index in [-0.39, 0.29) is 24.0 Å². The number of rotatable bonds is 3. The topological polar surface area (TPSA) is 102 Å². The zero-order valence-electron chi connectivity index (χ0n) is 12.7. The molecular formula is C16H20N4O2. The van der Waals surface area contributed by atoms with Gasteiger partial charge in [0, 0.05) is 11.6 Å². The van der Waals surface area contributed by atoms with Crippen molar-refractivity contribution < 1.29 is 9.59 Å². The summed E-state index contributed by atoms with van der Waals surface area (Å²) in [7, 11) is 0. The Labute approximate surface area is 129 Å². The molecule has 0 radical (unpaired) electrons. The molecule has 1 aromatic carbocycles. The molecule has 6 heteroatoms. The third-order valence-electron chi connectivity index (χ3n) is 4.40. The van der Waals surface area contributed by atoms with Crippen molar-refractivity contribution in [2.45, 2.75) is 38.8 Å². The maximum atomic E-state index is 12.7. The van der Waals surface area contributed by atoms with Crippen molar-refractivity contribution >= 4 is 17.8 Å². The third kappa shape index (κ3) is 2.15. The lowest BCUT2D eigenvalue weighted by Crippen LogP contribution is -2.42. The van der Waals surface area contributed by atoms with Crippen LogP contribution in [0.3, 0.4) is 0 Å². The molecule has 1 heterocycles. The summed E-state index contributed by atoms with van der Waals surface area (Å²) in [5.41, 5.74) is 11.3. The van der Waals surface area contributed by atoms with Gasteiger partial charge in [0.25, 0.3) is 11.8 Å². The monoisotopic (exact) mass is 300 g/mol. The first-order valence-electron chi connectivity index (χ1n) is 7.39. The lowest BCUT2D eigenvalue weighted by Gasteiger charge is -2.36. The number of carbonyl (C=O) groups is 2. The summed E-state index contributed by atoms with van der Waals surface area (Å²) < 4.78 is 0. The number of carbonyl (C=O) groups excluding carboxylic acids is 2. The van der Waals surface area contributed by atoms with E-state index < -0.39 is 11.3 Å². The number of benzene rings is 1. The van der Waals surface area contributed by atoms with E-state index in [0.29, 0.717) is 5.56 Å². The highest BCUT2D eigenvalue weighted by atomic mass is 16.2. The summed E-state index contributed by atoms with van der Waals surface area (Å²) in [4.78, 5) is 30.7. The van der Waals surface area contributed by atoms with Gasteiger partial charge >= 0.3 is 0 Å². The predicted octanol–water partition coefficient (Wildman–Crippen LogP) is 1.17. The number of hydrogen-bond acceptors (Lipinski definition) is 2. The number of nitrogens with two attached hydrogens (primary N) is 2. The molecule has 1 unspecified atom stereocenters. The lowest BCUT2D eigenvalue weighted by molar-refractivity contribution is -0.128. The maximum absolute atomic E-state index is 12.7. The predicted molar refractivity (Wildman–Crippen MR) is 83.0 cm³/mol. The van der Waals surface area contributed by atoms with Crippen molar-refractivity contribution in [2.24, 2.45) is 21.9 Å². The molecule has 3 rings (SSSR count). The molecule has 0 aromatic heterocycles. The fourth-order valence-electron chi connectivity index (χ4n) is 3.18. The summed E-state index contributed by atoms with van der Waals surface area (Å²) >= 11 is 0. The van der Waals surface area contributed by atoms with Crippen LogP contribution in [0, 0.1) is 5.41 Å². The molecule has 1 saturated carbocycles. The summed E-state index contributed by atoms with van der Waals surface area (Å²) in [5, 5.41) is 0. The first kappa shape index (κ1) is 14.6. The molecule has 1 aliphatic heterocycles. The summed E-state index contributed by atoms with van der Waals surface area (Å²) in [6.07, 6.45) is 1.95. The Morgan fingerprint density at radius 2 is 1.91 bits per heavy atom. The van der Waals surface area contributed by atoms with E-state index in [1.165, 1.54) is 0 Å². The second-order valence-electron chi connectivity index (χ2n) is 6.50. The van der Waals surface area contributed by atoms with Crippen LogP contribution in [0.2, 0.25) is 0 Å². The van der Waals surface area contributed by atoms with Gasteiger partial charge in [0.1, 0.15) is 0 Å². The molecule has 0 saturated heterocycles. The lowest BCUT2D eigenvalue weighted by atomic mass is 9.79. The Morgan fingerprint density at radius 3 is 2.50 bits per heavy atom. The first-order chi connectivity index (χ1) is 10.3. The van der Waals surface area contributed by atoms with Gasteiger partial charge in [-0.2, -0.15) is 4.99 Å². The van der Waals surface area contributed by atoms with Gasteiger partial charge in [-0.3, -0.25) is 9.59 Å². The van der Waals surface area contributed by atoms with E-state index in [1.54, 1.807) is 13.8 Å². The zero-order chi connectivity index (χ0) is 16.1. The summed E-state index contributed by atoms with van der Waals surface area (Å²) in [5.74, 6) is -0.671. The molecule has 1 aliphatic carbocycles. The van der Waals surface area contributed by atoms with E-state index in [0.717, 1.165) is 18.4 Å². The number of amides is 2. The number of aliphatic imine (C=N–C) groups is 1.